The zero-order chi connectivity index (χ0) is 44.3. The highest BCUT2D eigenvalue weighted by Crippen LogP contribution is 2.55. The van der Waals surface area contributed by atoms with Crippen LogP contribution in [0, 0.1) is 0 Å². The van der Waals surface area contributed by atoms with E-state index in [1.807, 2.05) is 0 Å². The zero-order valence-corrected chi connectivity index (χ0v) is 37.7. The first-order valence-corrected chi connectivity index (χ1v) is 23.3. The van der Waals surface area contributed by atoms with Crippen molar-refractivity contribution in [3.63, 3.8) is 0 Å². The summed E-state index contributed by atoms with van der Waals surface area (Å²) in [6.07, 6.45) is 0. The molecule has 0 saturated heterocycles. The van der Waals surface area contributed by atoms with E-state index in [0.717, 1.165) is 11.4 Å². The lowest BCUT2D eigenvalue weighted by molar-refractivity contribution is 0.646. The lowest BCUT2D eigenvalue weighted by Gasteiger charge is -2.35. The number of nitrogens with zero attached hydrogens (tertiary/aromatic N) is 2. The van der Waals surface area contributed by atoms with E-state index in [-0.39, 0.29) is 10.8 Å². The molecule has 1 aromatic heterocycles. The summed E-state index contributed by atoms with van der Waals surface area (Å²) in [6, 6.07) is 81.2. The molecule has 0 atom stereocenters. The Labute approximate surface area is 386 Å². The van der Waals surface area contributed by atoms with Crippen LogP contribution in [0.25, 0.3) is 82.8 Å². The third kappa shape index (κ3) is 5.61. The molecule has 10 aromatic carbocycles. The maximum atomic E-state index is 2.49. The molecule has 66 heavy (non-hydrogen) atoms. The largest absolute Gasteiger partial charge is 0.310 e. The van der Waals surface area contributed by atoms with E-state index in [1.54, 1.807) is 0 Å². The van der Waals surface area contributed by atoms with Crippen molar-refractivity contribution in [2.24, 2.45) is 0 Å². The predicted octanol–water partition coefficient (Wildman–Crippen LogP) is 17.4. The topological polar surface area (TPSA) is 8.17 Å². The minimum atomic E-state index is -0.167. The van der Waals surface area contributed by atoms with Crippen LogP contribution in [-0.2, 0) is 10.8 Å². The second kappa shape index (κ2) is 14.3. The molecule has 2 nitrogen and oxygen atoms in total. The van der Waals surface area contributed by atoms with Gasteiger partial charge in [0.1, 0.15) is 0 Å². The van der Waals surface area contributed by atoms with Gasteiger partial charge < -0.3 is 9.47 Å². The van der Waals surface area contributed by atoms with Gasteiger partial charge in [-0.3, -0.25) is 0 Å². The minimum Gasteiger partial charge on any atom is -0.310 e. The van der Waals surface area contributed by atoms with Crippen LogP contribution in [0.4, 0.5) is 17.1 Å². The van der Waals surface area contributed by atoms with Crippen molar-refractivity contribution in [2.45, 2.75) is 38.5 Å². The van der Waals surface area contributed by atoms with Gasteiger partial charge in [-0.25, -0.2) is 0 Å². The van der Waals surface area contributed by atoms with E-state index < -0.39 is 0 Å². The van der Waals surface area contributed by atoms with Crippen molar-refractivity contribution >= 4 is 49.6 Å². The lowest BCUT2D eigenvalue weighted by atomic mass is 9.68. The third-order valence-electron chi connectivity index (χ3n) is 15.0. The second-order valence-corrected chi connectivity index (χ2v) is 19.3. The quantitative estimate of drug-likeness (QED) is 0.162. The first-order valence-electron chi connectivity index (χ1n) is 23.3. The van der Waals surface area contributed by atoms with Gasteiger partial charge in [0.15, 0.2) is 0 Å². The maximum Gasteiger partial charge on any atom is 0.0544 e. The zero-order valence-electron chi connectivity index (χ0n) is 37.7. The molecular weight excluding hydrogens is 797 g/mol. The summed E-state index contributed by atoms with van der Waals surface area (Å²) >= 11 is 0. The lowest BCUT2D eigenvalue weighted by Crippen LogP contribution is -2.23. The average Bonchev–Trinajstić information content (AvgIpc) is 3.81. The molecule has 0 amide bonds. The van der Waals surface area contributed by atoms with Crippen molar-refractivity contribution in [2.75, 3.05) is 4.90 Å². The number of anilines is 3. The molecule has 0 fully saturated rings. The fraction of sp³-hybridized carbons (Fsp3) is 0.0938. The van der Waals surface area contributed by atoms with Crippen LogP contribution in [0.5, 0.6) is 0 Å². The van der Waals surface area contributed by atoms with E-state index in [1.165, 1.54) is 111 Å². The van der Waals surface area contributed by atoms with Crippen LogP contribution >= 0.6 is 0 Å². The SMILES string of the molecule is CC1(C)c2ccccc2-c2c(N(c3ccc(-c4ccccc4)cc3)c3ccc(-c4ccc5c(c4)c4cc6c(cc4n5-c4ccccc4)C(C)(C)c4cccc5cccc-6c45)cc3)cccc21. The van der Waals surface area contributed by atoms with Gasteiger partial charge in [0.05, 0.1) is 16.7 Å². The Balaban J connectivity index is 0.971. The fourth-order valence-corrected chi connectivity index (χ4v) is 11.7. The molecule has 0 spiro atoms. The predicted molar refractivity (Wildman–Crippen MR) is 279 cm³/mol. The standard InChI is InChI=1S/C64H48N2/c1-63(2)54-24-12-11-22-50(54)62-56(63)26-15-27-59(62)65(47-33-28-42(29-34-47)41-16-7-5-8-17-41)48-35-30-43(31-36-48)45-32-37-58-52(38-45)53-39-51-49-23-13-18-44-19-14-25-55(61(44)49)64(3,4)57(51)40-60(53)66(58)46-20-9-6-10-21-46/h5-40H,1-4H3. The highest BCUT2D eigenvalue weighted by Gasteiger charge is 2.38. The molecule has 11 aromatic rings. The number of rotatable bonds is 6. The molecule has 0 bridgehead atoms. The Morgan fingerprint density at radius 1 is 0.364 bits per heavy atom. The van der Waals surface area contributed by atoms with Crippen LogP contribution < -0.4 is 4.90 Å². The maximum absolute atomic E-state index is 2.49. The summed E-state index contributed by atoms with van der Waals surface area (Å²) in [6.45, 7) is 9.51. The molecule has 314 valence electrons. The van der Waals surface area contributed by atoms with Crippen LogP contribution in [0.15, 0.2) is 218 Å². The molecule has 0 saturated carbocycles. The normalized spacial score (nSPS) is 14.0. The number of para-hydroxylation sites is 1. The molecule has 0 aliphatic heterocycles. The number of hydrogen-bond acceptors (Lipinski definition) is 1. The van der Waals surface area contributed by atoms with Gasteiger partial charge >= 0.3 is 0 Å². The smallest absolute Gasteiger partial charge is 0.0544 e. The molecule has 2 aliphatic carbocycles. The van der Waals surface area contributed by atoms with Gasteiger partial charge in [0.25, 0.3) is 0 Å². The molecule has 13 rings (SSSR count). The van der Waals surface area contributed by atoms with Crippen LogP contribution in [0.3, 0.4) is 0 Å². The van der Waals surface area contributed by atoms with E-state index in [0.29, 0.717) is 0 Å². The molecule has 0 N–H and O–H groups in total. The van der Waals surface area contributed by atoms with Gasteiger partial charge in [0.2, 0.25) is 0 Å². The average molecular weight is 845 g/mol. The van der Waals surface area contributed by atoms with E-state index in [2.05, 4.69) is 256 Å². The summed E-state index contributed by atoms with van der Waals surface area (Å²) < 4.78 is 2.47. The first-order chi connectivity index (χ1) is 32.3. The molecule has 1 heterocycles. The van der Waals surface area contributed by atoms with Crippen molar-refractivity contribution in [1.29, 1.82) is 0 Å². The molecule has 2 heteroatoms. The summed E-state index contributed by atoms with van der Waals surface area (Å²) in [5.41, 5.74) is 22.3. The first kappa shape index (κ1) is 38.5. The molecule has 2 aliphatic rings. The highest BCUT2D eigenvalue weighted by atomic mass is 15.1. The van der Waals surface area contributed by atoms with Crippen LogP contribution in [0.2, 0.25) is 0 Å². The van der Waals surface area contributed by atoms with Crippen molar-refractivity contribution < 1.29 is 0 Å². The van der Waals surface area contributed by atoms with Crippen molar-refractivity contribution in [1.82, 2.24) is 4.57 Å². The van der Waals surface area contributed by atoms with E-state index in [9.17, 15) is 0 Å². The monoisotopic (exact) mass is 844 g/mol. The summed E-state index contributed by atoms with van der Waals surface area (Å²) in [4.78, 5) is 2.45. The fourth-order valence-electron chi connectivity index (χ4n) is 11.7. The van der Waals surface area contributed by atoms with Crippen molar-refractivity contribution in [3.05, 3.63) is 241 Å². The number of aromatic nitrogens is 1. The number of benzene rings is 10. The van der Waals surface area contributed by atoms with Gasteiger partial charge in [-0.15, -0.1) is 0 Å². The number of fused-ring (bicyclic) bond motifs is 8. The van der Waals surface area contributed by atoms with Gasteiger partial charge in [-0.2, -0.15) is 0 Å². The van der Waals surface area contributed by atoms with Crippen LogP contribution in [-0.4, -0.2) is 4.57 Å². The number of hydrogen-bond donors (Lipinski definition) is 0. The van der Waals surface area contributed by atoms with Crippen LogP contribution in [0.1, 0.15) is 49.9 Å². The summed E-state index contributed by atoms with van der Waals surface area (Å²) in [7, 11) is 0. The Kier molecular flexibility index (Phi) is 8.33. The summed E-state index contributed by atoms with van der Waals surface area (Å²) in [5, 5.41) is 5.20. The Bertz CT molecular complexity index is 3720. The highest BCUT2D eigenvalue weighted by molar-refractivity contribution is 6.14. The molecular formula is C64H48N2. The van der Waals surface area contributed by atoms with Crippen molar-refractivity contribution in [3.8, 4) is 50.2 Å². The summed E-state index contributed by atoms with van der Waals surface area (Å²) in [5.74, 6) is 0. The Hall–Kier alpha value is -7.94. The minimum absolute atomic E-state index is 0.107. The third-order valence-corrected chi connectivity index (χ3v) is 15.0. The van der Waals surface area contributed by atoms with E-state index >= 15 is 0 Å². The van der Waals surface area contributed by atoms with E-state index in [4.69, 9.17) is 0 Å². The second-order valence-electron chi connectivity index (χ2n) is 19.3. The van der Waals surface area contributed by atoms with Gasteiger partial charge in [-0.1, -0.05) is 179 Å². The molecule has 0 radical (unpaired) electrons. The molecule has 0 unspecified atom stereocenters. The van der Waals surface area contributed by atoms with Gasteiger partial charge in [-0.05, 0) is 139 Å². The Morgan fingerprint density at radius 3 is 1.65 bits per heavy atom. The Morgan fingerprint density at radius 2 is 0.909 bits per heavy atom. The van der Waals surface area contributed by atoms with Gasteiger partial charge in [0, 0.05) is 44.2 Å².